The van der Waals surface area contributed by atoms with Crippen LogP contribution in [-0.2, 0) is 14.3 Å². The summed E-state index contributed by atoms with van der Waals surface area (Å²) in [5.74, 6) is -1.05. The van der Waals surface area contributed by atoms with Crippen LogP contribution in [0.25, 0.3) is 0 Å². The topological polar surface area (TPSA) is 66.4 Å². The van der Waals surface area contributed by atoms with Gasteiger partial charge in [0.15, 0.2) is 0 Å². The standard InChI is InChI=1S/C14H26O4/c1-2-18-14(17)12-10-8-6-4-3-5-7-9-11-13(15)16/h2-12H2,1H3,(H,15,16)/p-1. The Balaban J connectivity index is 3.07. The van der Waals surface area contributed by atoms with Gasteiger partial charge < -0.3 is 14.6 Å². The predicted molar refractivity (Wildman–Crippen MR) is 67.8 cm³/mol. The summed E-state index contributed by atoms with van der Waals surface area (Å²) in [5.41, 5.74) is 0. The van der Waals surface area contributed by atoms with Gasteiger partial charge in [0, 0.05) is 12.4 Å². The second kappa shape index (κ2) is 12.4. The van der Waals surface area contributed by atoms with Gasteiger partial charge >= 0.3 is 5.97 Å². The number of ether oxygens (including phenoxy) is 1. The van der Waals surface area contributed by atoms with Gasteiger partial charge in [-0.3, -0.25) is 4.79 Å². The van der Waals surface area contributed by atoms with E-state index in [1.54, 1.807) is 0 Å². The van der Waals surface area contributed by atoms with Crippen molar-refractivity contribution < 1.29 is 19.4 Å². The van der Waals surface area contributed by atoms with Gasteiger partial charge in [-0.05, 0) is 26.2 Å². The molecule has 18 heavy (non-hydrogen) atoms. The number of carbonyl (C=O) groups excluding carboxylic acids is 2. The van der Waals surface area contributed by atoms with Crippen LogP contribution >= 0.6 is 0 Å². The third-order valence-electron chi connectivity index (χ3n) is 2.82. The summed E-state index contributed by atoms with van der Waals surface area (Å²) >= 11 is 0. The van der Waals surface area contributed by atoms with E-state index >= 15 is 0 Å². The molecule has 0 aromatic carbocycles. The summed E-state index contributed by atoms with van der Waals surface area (Å²) in [6, 6.07) is 0. The van der Waals surface area contributed by atoms with Crippen LogP contribution in [0.4, 0.5) is 0 Å². The van der Waals surface area contributed by atoms with Crippen LogP contribution < -0.4 is 5.11 Å². The zero-order valence-corrected chi connectivity index (χ0v) is 11.4. The van der Waals surface area contributed by atoms with E-state index in [4.69, 9.17) is 4.74 Å². The number of esters is 1. The van der Waals surface area contributed by atoms with Gasteiger partial charge in [0.2, 0.25) is 0 Å². The van der Waals surface area contributed by atoms with E-state index in [1.807, 2.05) is 6.92 Å². The number of carbonyl (C=O) groups is 2. The average Bonchev–Trinajstić information content (AvgIpc) is 2.31. The van der Waals surface area contributed by atoms with Crippen molar-refractivity contribution in [2.45, 2.75) is 71.1 Å². The van der Waals surface area contributed by atoms with Crippen molar-refractivity contribution >= 4 is 11.9 Å². The van der Waals surface area contributed by atoms with Crippen molar-refractivity contribution in [2.75, 3.05) is 6.61 Å². The van der Waals surface area contributed by atoms with Crippen LogP contribution in [0, 0.1) is 0 Å². The number of hydrogen-bond acceptors (Lipinski definition) is 4. The molecule has 0 atom stereocenters. The Labute approximate surface area is 110 Å². The van der Waals surface area contributed by atoms with Gasteiger partial charge in [0.1, 0.15) is 0 Å². The summed E-state index contributed by atoms with van der Waals surface area (Å²) in [5, 5.41) is 10.2. The monoisotopic (exact) mass is 257 g/mol. The molecule has 0 heterocycles. The molecule has 0 aliphatic carbocycles. The lowest BCUT2D eigenvalue weighted by atomic mass is 10.1. The molecule has 0 aromatic heterocycles. The molecule has 0 N–H and O–H groups in total. The highest BCUT2D eigenvalue weighted by molar-refractivity contribution is 5.69. The van der Waals surface area contributed by atoms with E-state index in [0.29, 0.717) is 13.0 Å². The molecule has 0 amide bonds. The van der Waals surface area contributed by atoms with Crippen molar-refractivity contribution in [3.05, 3.63) is 0 Å². The summed E-state index contributed by atoms with van der Waals surface area (Å²) in [6.07, 6.45) is 8.91. The predicted octanol–water partition coefficient (Wildman–Crippen LogP) is 2.20. The number of aliphatic carboxylic acids is 1. The Morgan fingerprint density at radius 3 is 1.72 bits per heavy atom. The van der Waals surface area contributed by atoms with Crippen molar-refractivity contribution in [3.63, 3.8) is 0 Å². The lowest BCUT2D eigenvalue weighted by Gasteiger charge is -2.03. The molecule has 4 heteroatoms. The minimum atomic E-state index is -0.950. The quantitative estimate of drug-likeness (QED) is 0.397. The van der Waals surface area contributed by atoms with Crippen LogP contribution in [0.5, 0.6) is 0 Å². The van der Waals surface area contributed by atoms with E-state index < -0.39 is 5.97 Å². The summed E-state index contributed by atoms with van der Waals surface area (Å²) in [4.78, 5) is 21.2. The van der Waals surface area contributed by atoms with Crippen molar-refractivity contribution in [2.24, 2.45) is 0 Å². The van der Waals surface area contributed by atoms with Gasteiger partial charge in [0.05, 0.1) is 6.61 Å². The molecule has 0 aliphatic rings. The van der Waals surface area contributed by atoms with Gasteiger partial charge in [-0.15, -0.1) is 0 Å². The van der Waals surface area contributed by atoms with Crippen molar-refractivity contribution in [1.29, 1.82) is 0 Å². The van der Waals surface area contributed by atoms with E-state index in [-0.39, 0.29) is 12.4 Å². The molecule has 0 fully saturated rings. The Bertz CT molecular complexity index is 226. The van der Waals surface area contributed by atoms with Gasteiger partial charge in [-0.1, -0.05) is 38.5 Å². The highest BCUT2D eigenvalue weighted by Crippen LogP contribution is 2.10. The lowest BCUT2D eigenvalue weighted by Crippen LogP contribution is -2.21. The van der Waals surface area contributed by atoms with Crippen LogP contribution in [-0.4, -0.2) is 18.5 Å². The number of carboxylic acids is 1. The lowest BCUT2D eigenvalue weighted by molar-refractivity contribution is -0.305. The third kappa shape index (κ3) is 13.0. The van der Waals surface area contributed by atoms with Crippen LogP contribution in [0.1, 0.15) is 71.1 Å². The zero-order chi connectivity index (χ0) is 13.6. The third-order valence-corrected chi connectivity index (χ3v) is 2.82. The SMILES string of the molecule is CCOC(=O)CCCCCCCCCCC(=O)[O-]. The van der Waals surface area contributed by atoms with Gasteiger partial charge in [0.25, 0.3) is 0 Å². The van der Waals surface area contributed by atoms with Crippen LogP contribution in [0.2, 0.25) is 0 Å². The summed E-state index contributed by atoms with van der Waals surface area (Å²) < 4.78 is 4.84. The molecule has 0 unspecified atom stereocenters. The van der Waals surface area contributed by atoms with Gasteiger partial charge in [-0.2, -0.15) is 0 Å². The Hall–Kier alpha value is -1.06. The Kier molecular flexibility index (Phi) is 11.7. The first-order valence-electron chi connectivity index (χ1n) is 7.02. The Morgan fingerprint density at radius 2 is 1.28 bits per heavy atom. The smallest absolute Gasteiger partial charge is 0.305 e. The molecule has 0 rings (SSSR count). The Morgan fingerprint density at radius 1 is 0.833 bits per heavy atom. The first kappa shape index (κ1) is 16.9. The minimum Gasteiger partial charge on any atom is -0.550 e. The second-order valence-corrected chi connectivity index (χ2v) is 4.51. The molecular weight excluding hydrogens is 232 g/mol. The molecule has 106 valence electrons. The molecule has 0 saturated carbocycles. The fraction of sp³-hybridized carbons (Fsp3) is 0.857. The fourth-order valence-corrected chi connectivity index (χ4v) is 1.83. The fourth-order valence-electron chi connectivity index (χ4n) is 1.83. The van der Waals surface area contributed by atoms with Crippen LogP contribution in [0.3, 0.4) is 0 Å². The highest BCUT2D eigenvalue weighted by Gasteiger charge is 2.00. The highest BCUT2D eigenvalue weighted by atomic mass is 16.5. The molecule has 4 nitrogen and oxygen atoms in total. The number of rotatable bonds is 12. The summed E-state index contributed by atoms with van der Waals surface area (Å²) in [7, 11) is 0. The normalized spacial score (nSPS) is 10.3. The van der Waals surface area contributed by atoms with E-state index in [0.717, 1.165) is 51.4 Å². The largest absolute Gasteiger partial charge is 0.550 e. The molecular formula is C14H25O4-. The maximum absolute atomic E-state index is 11.0. The van der Waals surface area contributed by atoms with Crippen molar-refractivity contribution in [1.82, 2.24) is 0 Å². The average molecular weight is 257 g/mol. The molecule has 0 aliphatic heterocycles. The molecule has 0 spiro atoms. The maximum atomic E-state index is 11.0. The first-order valence-corrected chi connectivity index (χ1v) is 7.02. The molecule has 0 bridgehead atoms. The first-order chi connectivity index (χ1) is 8.66. The van der Waals surface area contributed by atoms with E-state index in [1.165, 1.54) is 0 Å². The number of unbranched alkanes of at least 4 members (excludes halogenated alkanes) is 7. The number of hydrogen-bond donors (Lipinski definition) is 0. The zero-order valence-electron chi connectivity index (χ0n) is 11.4. The van der Waals surface area contributed by atoms with E-state index in [9.17, 15) is 14.7 Å². The van der Waals surface area contributed by atoms with Crippen LogP contribution in [0.15, 0.2) is 0 Å². The van der Waals surface area contributed by atoms with Gasteiger partial charge in [-0.25, -0.2) is 0 Å². The minimum absolute atomic E-state index is 0.0974. The molecule has 0 saturated heterocycles. The molecule has 0 aromatic rings. The number of carboxylic acid groups (broad SMARTS) is 1. The summed E-state index contributed by atoms with van der Waals surface area (Å²) in [6.45, 7) is 2.28. The molecule has 0 radical (unpaired) electrons. The van der Waals surface area contributed by atoms with E-state index in [2.05, 4.69) is 0 Å². The maximum Gasteiger partial charge on any atom is 0.305 e. The second-order valence-electron chi connectivity index (χ2n) is 4.51. The van der Waals surface area contributed by atoms with Crippen molar-refractivity contribution in [3.8, 4) is 0 Å².